The van der Waals surface area contributed by atoms with Gasteiger partial charge in [-0.25, -0.2) is 4.79 Å². The number of anilines is 1. The van der Waals surface area contributed by atoms with Crippen molar-refractivity contribution in [2.45, 2.75) is 13.5 Å². The average Bonchev–Trinajstić information content (AvgIpc) is 2.87. The molecule has 0 spiro atoms. The highest BCUT2D eigenvalue weighted by atomic mass is 79.9. The number of carboxylic acids is 1. The normalized spacial score (nSPS) is 14.4. The van der Waals surface area contributed by atoms with Crippen LogP contribution in [0.3, 0.4) is 0 Å². The molecule has 2 N–H and O–H groups in total. The zero-order valence-corrected chi connectivity index (χ0v) is 24.1. The molecule has 1 heterocycles. The van der Waals surface area contributed by atoms with Crippen LogP contribution in [0.5, 0.6) is 11.5 Å². The lowest BCUT2D eigenvalue weighted by Crippen LogP contribution is -2.54. The zero-order valence-electron chi connectivity index (χ0n) is 20.2. The molecular weight excluding hydrogens is 631 g/mol. The summed E-state index contributed by atoms with van der Waals surface area (Å²) >= 11 is 20.9. The minimum atomic E-state index is -1.17. The maximum Gasteiger partial charge on any atom is 0.335 e. The first kappa shape index (κ1) is 28.6. The van der Waals surface area contributed by atoms with Gasteiger partial charge in [0.1, 0.15) is 12.2 Å². The molecule has 0 radical (unpaired) electrons. The summed E-state index contributed by atoms with van der Waals surface area (Å²) in [5.74, 6) is -1.80. The summed E-state index contributed by atoms with van der Waals surface area (Å²) in [6, 6.07) is 14.1. The van der Waals surface area contributed by atoms with Crippen molar-refractivity contribution in [3.05, 3.63) is 91.4 Å². The minimum absolute atomic E-state index is 0.0358. The molecule has 12 heteroatoms. The Morgan fingerprint density at radius 2 is 1.90 bits per heavy atom. The number of nitrogens with zero attached hydrogens (tertiary/aromatic N) is 1. The molecule has 1 aliphatic rings. The molecule has 39 heavy (non-hydrogen) atoms. The van der Waals surface area contributed by atoms with Crippen molar-refractivity contribution in [3.63, 3.8) is 0 Å². The van der Waals surface area contributed by atoms with E-state index >= 15 is 0 Å². The number of carbonyl (C=O) groups excluding carboxylic acids is 2. The maximum absolute atomic E-state index is 13.4. The van der Waals surface area contributed by atoms with Gasteiger partial charge in [0.05, 0.1) is 22.3 Å². The van der Waals surface area contributed by atoms with Crippen molar-refractivity contribution in [1.82, 2.24) is 5.32 Å². The van der Waals surface area contributed by atoms with Gasteiger partial charge in [-0.05, 0) is 89.2 Å². The monoisotopic (exact) mass is 648 g/mol. The highest BCUT2D eigenvalue weighted by molar-refractivity contribution is 9.10. The number of rotatable bonds is 8. The topological polar surface area (TPSA) is 105 Å². The van der Waals surface area contributed by atoms with Crippen molar-refractivity contribution in [3.8, 4) is 11.5 Å². The van der Waals surface area contributed by atoms with Gasteiger partial charge in [-0.2, -0.15) is 0 Å². The third kappa shape index (κ3) is 6.42. The molecule has 3 aromatic carbocycles. The zero-order chi connectivity index (χ0) is 28.3. The second-order valence-corrected chi connectivity index (χ2v) is 10.2. The number of amides is 2. The molecule has 0 aliphatic carbocycles. The van der Waals surface area contributed by atoms with Crippen molar-refractivity contribution in [2.75, 3.05) is 11.5 Å². The van der Waals surface area contributed by atoms with Crippen LogP contribution in [0, 0.1) is 0 Å². The van der Waals surface area contributed by atoms with Crippen molar-refractivity contribution in [1.29, 1.82) is 0 Å². The molecule has 0 unspecified atom stereocenters. The van der Waals surface area contributed by atoms with Gasteiger partial charge in [-0.15, -0.1) is 0 Å². The van der Waals surface area contributed by atoms with E-state index in [2.05, 4.69) is 21.2 Å². The Morgan fingerprint density at radius 3 is 2.59 bits per heavy atom. The van der Waals surface area contributed by atoms with Crippen LogP contribution in [0.4, 0.5) is 5.69 Å². The minimum Gasteiger partial charge on any atom is -0.490 e. The van der Waals surface area contributed by atoms with Gasteiger partial charge >= 0.3 is 5.97 Å². The number of halogens is 3. The number of carbonyl (C=O) groups is 3. The molecule has 2 amide bonds. The summed E-state index contributed by atoms with van der Waals surface area (Å²) in [6.07, 6.45) is 1.39. The number of carboxylic acid groups (broad SMARTS) is 1. The van der Waals surface area contributed by atoms with E-state index in [0.717, 1.165) is 4.90 Å². The van der Waals surface area contributed by atoms with Gasteiger partial charge in [0.2, 0.25) is 0 Å². The van der Waals surface area contributed by atoms with Crippen LogP contribution in [0.25, 0.3) is 6.08 Å². The summed E-state index contributed by atoms with van der Waals surface area (Å²) < 4.78 is 12.3. The molecule has 1 saturated heterocycles. The van der Waals surface area contributed by atoms with E-state index in [4.69, 9.17) is 44.9 Å². The van der Waals surface area contributed by atoms with Gasteiger partial charge in [0, 0.05) is 15.6 Å². The Kier molecular flexibility index (Phi) is 8.91. The first-order valence-corrected chi connectivity index (χ1v) is 13.3. The summed E-state index contributed by atoms with van der Waals surface area (Å²) in [5, 5.41) is 12.6. The first-order valence-electron chi connectivity index (χ1n) is 11.4. The molecular formula is C27H19BrCl2N2O6S. The molecule has 200 valence electrons. The Labute approximate surface area is 247 Å². The van der Waals surface area contributed by atoms with Gasteiger partial charge in [0.15, 0.2) is 16.6 Å². The highest BCUT2D eigenvalue weighted by Gasteiger charge is 2.35. The molecule has 0 saturated carbocycles. The number of ether oxygens (including phenoxy) is 2. The summed E-state index contributed by atoms with van der Waals surface area (Å²) in [5.41, 5.74) is 1.14. The SMILES string of the molecule is CCOc1cc(C=C2C(=O)NC(=S)N(c3cccc(C(=O)O)c3)C2=O)cc(Br)c1OCc1ccc(Cl)cc1Cl. The lowest BCUT2D eigenvalue weighted by Gasteiger charge is -2.29. The lowest BCUT2D eigenvalue weighted by molar-refractivity contribution is -0.122. The van der Waals surface area contributed by atoms with Crippen LogP contribution in [-0.2, 0) is 16.2 Å². The lowest BCUT2D eigenvalue weighted by atomic mass is 10.1. The van der Waals surface area contributed by atoms with Crippen LogP contribution in [0.1, 0.15) is 28.4 Å². The van der Waals surface area contributed by atoms with Crippen molar-refractivity contribution in [2.24, 2.45) is 0 Å². The second-order valence-electron chi connectivity index (χ2n) is 8.10. The van der Waals surface area contributed by atoms with Gasteiger partial charge in [-0.3, -0.25) is 19.8 Å². The molecule has 1 aliphatic heterocycles. The summed E-state index contributed by atoms with van der Waals surface area (Å²) in [7, 11) is 0. The van der Waals surface area contributed by atoms with E-state index in [1.807, 2.05) is 0 Å². The molecule has 8 nitrogen and oxygen atoms in total. The maximum atomic E-state index is 13.4. The van der Waals surface area contributed by atoms with E-state index in [1.165, 1.54) is 30.3 Å². The fourth-order valence-electron chi connectivity index (χ4n) is 3.70. The molecule has 0 atom stereocenters. The first-order chi connectivity index (χ1) is 18.6. The number of hydrogen-bond acceptors (Lipinski definition) is 6. The molecule has 4 rings (SSSR count). The molecule has 0 bridgehead atoms. The fraction of sp³-hybridized carbons (Fsp3) is 0.111. The molecule has 1 fully saturated rings. The number of aromatic carboxylic acids is 1. The van der Waals surface area contributed by atoms with Gasteiger partial charge < -0.3 is 14.6 Å². The van der Waals surface area contributed by atoms with Crippen molar-refractivity contribution < 1.29 is 29.0 Å². The smallest absolute Gasteiger partial charge is 0.335 e. The van der Waals surface area contributed by atoms with E-state index in [0.29, 0.717) is 43.8 Å². The molecule has 3 aromatic rings. The van der Waals surface area contributed by atoms with E-state index in [1.54, 1.807) is 37.3 Å². The number of hydrogen-bond donors (Lipinski definition) is 2. The second kappa shape index (κ2) is 12.2. The van der Waals surface area contributed by atoms with Crippen LogP contribution < -0.4 is 19.7 Å². The number of nitrogens with one attached hydrogen (secondary N) is 1. The average molecular weight is 650 g/mol. The van der Waals surface area contributed by atoms with E-state index in [9.17, 15) is 19.5 Å². The largest absolute Gasteiger partial charge is 0.490 e. The third-order valence-corrected chi connectivity index (χ3v) is 6.94. The summed E-state index contributed by atoms with van der Waals surface area (Å²) in [4.78, 5) is 38.6. The quantitative estimate of drug-likeness (QED) is 0.169. The van der Waals surface area contributed by atoms with Crippen LogP contribution in [0.15, 0.2) is 64.6 Å². The fourth-order valence-corrected chi connectivity index (χ4v) is 5.02. The predicted octanol–water partition coefficient (Wildman–Crippen LogP) is 6.26. The highest BCUT2D eigenvalue weighted by Crippen LogP contribution is 2.39. The Balaban J connectivity index is 1.67. The third-order valence-electron chi connectivity index (χ3n) is 5.48. The summed E-state index contributed by atoms with van der Waals surface area (Å²) in [6.45, 7) is 2.27. The van der Waals surface area contributed by atoms with Crippen molar-refractivity contribution >= 4 is 86.0 Å². The Morgan fingerprint density at radius 1 is 1.13 bits per heavy atom. The Bertz CT molecular complexity index is 1540. The number of benzene rings is 3. The van der Waals surface area contributed by atoms with Gasteiger partial charge in [0.25, 0.3) is 11.8 Å². The Hall–Kier alpha value is -3.44. The van der Waals surface area contributed by atoms with Crippen LogP contribution in [-0.4, -0.2) is 34.6 Å². The molecule has 0 aromatic heterocycles. The van der Waals surface area contributed by atoms with Crippen LogP contribution >= 0.6 is 51.3 Å². The van der Waals surface area contributed by atoms with Gasteiger partial charge in [-0.1, -0.05) is 35.3 Å². The van der Waals surface area contributed by atoms with E-state index < -0.39 is 17.8 Å². The van der Waals surface area contributed by atoms with E-state index in [-0.39, 0.29) is 28.5 Å². The predicted molar refractivity (Wildman–Crippen MR) is 156 cm³/mol. The van der Waals surface area contributed by atoms with Crippen LogP contribution in [0.2, 0.25) is 10.0 Å². The number of thiocarbonyl (C=S) groups is 1. The standard InChI is InChI=1S/C27H19BrCl2N2O6S/c1-2-37-22-10-14(9-20(28)23(22)38-13-16-6-7-17(29)12-21(16)30)8-19-24(33)31-27(39)32(25(19)34)18-5-3-4-15(11-18)26(35)36/h3-12H,2,13H2,1H3,(H,35,36)(H,31,33,39).